The van der Waals surface area contributed by atoms with Gasteiger partial charge in [0.25, 0.3) is 0 Å². The minimum atomic E-state index is -1.13. The van der Waals surface area contributed by atoms with Crippen molar-refractivity contribution in [3.8, 4) is 34.1 Å². The summed E-state index contributed by atoms with van der Waals surface area (Å²) < 4.78 is 17.1. The zero-order chi connectivity index (χ0) is 25.2. The molecule has 0 aliphatic carbocycles. The van der Waals surface area contributed by atoms with E-state index in [-0.39, 0.29) is 5.41 Å². The Balaban J connectivity index is 1.84. The number of carboxylic acid groups (broad SMARTS) is 1. The molecule has 0 spiro atoms. The first-order valence-corrected chi connectivity index (χ1v) is 11.1. The number of aromatic nitrogens is 1. The van der Waals surface area contributed by atoms with Crippen LogP contribution in [0.3, 0.4) is 0 Å². The summed E-state index contributed by atoms with van der Waals surface area (Å²) in [5.41, 5.74) is 3.78. The van der Waals surface area contributed by atoms with E-state index >= 15 is 0 Å². The van der Waals surface area contributed by atoms with Crippen LogP contribution in [-0.4, -0.2) is 30.4 Å². The minimum Gasteiger partial charge on any atom is -0.493 e. The molecule has 3 aromatic carbocycles. The SMILES string of the molecule is COc1cc2nccc(Oc3ccc(NC(=O)O)c(-c4ccccc4C(C)(C)C)c3)c2cc1OC. The number of benzene rings is 3. The number of nitrogens with zero attached hydrogens (tertiary/aromatic N) is 1. The van der Waals surface area contributed by atoms with Gasteiger partial charge in [0.2, 0.25) is 0 Å². The normalized spacial score (nSPS) is 11.2. The molecule has 7 nitrogen and oxygen atoms in total. The highest BCUT2D eigenvalue weighted by molar-refractivity contribution is 5.92. The highest BCUT2D eigenvalue weighted by Crippen LogP contribution is 2.41. The second kappa shape index (κ2) is 9.54. The van der Waals surface area contributed by atoms with Crippen LogP contribution in [0.5, 0.6) is 23.0 Å². The Bertz CT molecular complexity index is 1390. The summed E-state index contributed by atoms with van der Waals surface area (Å²) in [6.45, 7) is 6.38. The lowest BCUT2D eigenvalue weighted by molar-refractivity contribution is 0.210. The smallest absolute Gasteiger partial charge is 0.409 e. The predicted molar refractivity (Wildman–Crippen MR) is 137 cm³/mol. The third-order valence-corrected chi connectivity index (χ3v) is 5.69. The van der Waals surface area contributed by atoms with Crippen LogP contribution in [0.15, 0.2) is 66.9 Å². The average Bonchev–Trinajstić information content (AvgIpc) is 2.83. The Morgan fingerprint density at radius 1 is 0.886 bits per heavy atom. The quantitative estimate of drug-likeness (QED) is 0.311. The Hall–Kier alpha value is -4.26. The number of pyridine rings is 1. The number of hydrogen-bond donors (Lipinski definition) is 2. The molecule has 0 radical (unpaired) electrons. The largest absolute Gasteiger partial charge is 0.493 e. The van der Waals surface area contributed by atoms with Gasteiger partial charge in [-0.2, -0.15) is 0 Å². The molecule has 35 heavy (non-hydrogen) atoms. The summed E-state index contributed by atoms with van der Waals surface area (Å²) in [5, 5.41) is 12.7. The Morgan fingerprint density at radius 3 is 2.29 bits per heavy atom. The van der Waals surface area contributed by atoms with Gasteiger partial charge < -0.3 is 19.3 Å². The number of ether oxygens (including phenoxy) is 3. The van der Waals surface area contributed by atoms with Gasteiger partial charge in [-0.25, -0.2) is 4.79 Å². The van der Waals surface area contributed by atoms with Crippen molar-refractivity contribution in [2.45, 2.75) is 26.2 Å². The average molecular weight is 473 g/mol. The lowest BCUT2D eigenvalue weighted by Gasteiger charge is -2.24. The van der Waals surface area contributed by atoms with E-state index in [1.807, 2.05) is 30.3 Å². The van der Waals surface area contributed by atoms with Crippen molar-refractivity contribution in [1.29, 1.82) is 0 Å². The second-order valence-electron chi connectivity index (χ2n) is 9.07. The molecule has 1 heterocycles. The zero-order valence-electron chi connectivity index (χ0n) is 20.4. The second-order valence-corrected chi connectivity index (χ2v) is 9.07. The molecule has 4 aromatic rings. The number of anilines is 1. The Morgan fingerprint density at radius 2 is 1.60 bits per heavy atom. The van der Waals surface area contributed by atoms with Crippen LogP contribution in [-0.2, 0) is 5.41 Å². The molecule has 1 amide bonds. The van der Waals surface area contributed by atoms with Gasteiger partial charge in [-0.3, -0.25) is 10.3 Å². The van der Waals surface area contributed by atoms with Gasteiger partial charge in [-0.15, -0.1) is 0 Å². The first kappa shape index (κ1) is 23.9. The Kier molecular flexibility index (Phi) is 6.51. The molecule has 0 aliphatic rings. The van der Waals surface area contributed by atoms with Gasteiger partial charge in [-0.1, -0.05) is 45.0 Å². The molecule has 0 fully saturated rings. The van der Waals surface area contributed by atoms with Crippen LogP contribution in [0, 0.1) is 0 Å². The van der Waals surface area contributed by atoms with E-state index < -0.39 is 6.09 Å². The molecule has 0 unspecified atom stereocenters. The van der Waals surface area contributed by atoms with Crippen molar-refractivity contribution < 1.29 is 24.1 Å². The molecule has 180 valence electrons. The lowest BCUT2D eigenvalue weighted by Crippen LogP contribution is -2.14. The molecule has 0 saturated heterocycles. The maximum absolute atomic E-state index is 11.5. The highest BCUT2D eigenvalue weighted by Gasteiger charge is 2.21. The van der Waals surface area contributed by atoms with E-state index in [4.69, 9.17) is 14.2 Å². The predicted octanol–water partition coefficient (Wildman–Crippen LogP) is 7.10. The van der Waals surface area contributed by atoms with Crippen molar-refractivity contribution in [3.63, 3.8) is 0 Å². The number of amides is 1. The van der Waals surface area contributed by atoms with E-state index in [1.165, 1.54) is 0 Å². The maximum atomic E-state index is 11.5. The maximum Gasteiger partial charge on any atom is 0.409 e. The molecular weight excluding hydrogens is 444 g/mol. The summed E-state index contributed by atoms with van der Waals surface area (Å²) in [6, 6.07) is 18.7. The first-order chi connectivity index (χ1) is 16.7. The molecule has 2 N–H and O–H groups in total. The molecule has 0 bridgehead atoms. The van der Waals surface area contributed by atoms with Gasteiger partial charge >= 0.3 is 6.09 Å². The molecule has 4 rings (SSSR count). The van der Waals surface area contributed by atoms with E-state index in [0.717, 1.165) is 22.1 Å². The molecule has 7 heteroatoms. The van der Waals surface area contributed by atoms with E-state index in [0.29, 0.717) is 34.2 Å². The van der Waals surface area contributed by atoms with Crippen LogP contribution in [0.25, 0.3) is 22.0 Å². The number of hydrogen-bond acceptors (Lipinski definition) is 5. The van der Waals surface area contributed by atoms with Crippen LogP contribution < -0.4 is 19.5 Å². The molecular formula is C28H28N2O5. The van der Waals surface area contributed by atoms with Crippen molar-refractivity contribution in [2.24, 2.45) is 0 Å². The number of methoxy groups -OCH3 is 2. The van der Waals surface area contributed by atoms with Crippen molar-refractivity contribution in [1.82, 2.24) is 4.98 Å². The minimum absolute atomic E-state index is 0.148. The Labute approximate surface area is 204 Å². The van der Waals surface area contributed by atoms with E-state index in [9.17, 15) is 9.90 Å². The van der Waals surface area contributed by atoms with E-state index in [1.54, 1.807) is 44.7 Å². The first-order valence-electron chi connectivity index (χ1n) is 11.1. The fraction of sp³-hybridized carbons (Fsp3) is 0.214. The third-order valence-electron chi connectivity index (χ3n) is 5.69. The van der Waals surface area contributed by atoms with Gasteiger partial charge in [0.05, 0.1) is 25.4 Å². The monoisotopic (exact) mass is 472 g/mol. The highest BCUT2D eigenvalue weighted by atomic mass is 16.5. The summed E-state index contributed by atoms with van der Waals surface area (Å²) >= 11 is 0. The number of fused-ring (bicyclic) bond motifs is 1. The molecule has 0 aliphatic heterocycles. The summed E-state index contributed by atoms with van der Waals surface area (Å²) in [7, 11) is 3.15. The van der Waals surface area contributed by atoms with Gasteiger partial charge in [0, 0.05) is 23.2 Å². The summed E-state index contributed by atoms with van der Waals surface area (Å²) in [4.78, 5) is 15.9. The topological polar surface area (TPSA) is 89.9 Å². The van der Waals surface area contributed by atoms with Gasteiger partial charge in [0.15, 0.2) is 11.5 Å². The van der Waals surface area contributed by atoms with Crippen molar-refractivity contribution in [3.05, 3.63) is 72.4 Å². The molecule has 1 aromatic heterocycles. The van der Waals surface area contributed by atoms with Crippen LogP contribution in [0.4, 0.5) is 10.5 Å². The van der Waals surface area contributed by atoms with Crippen LogP contribution in [0.2, 0.25) is 0 Å². The number of rotatable bonds is 6. The fourth-order valence-electron chi connectivity index (χ4n) is 4.07. The van der Waals surface area contributed by atoms with Crippen LogP contribution in [0.1, 0.15) is 26.3 Å². The van der Waals surface area contributed by atoms with Crippen LogP contribution >= 0.6 is 0 Å². The van der Waals surface area contributed by atoms with Gasteiger partial charge in [-0.05, 0) is 46.9 Å². The number of carbonyl (C=O) groups is 1. The molecule has 0 saturated carbocycles. The molecule has 0 atom stereocenters. The van der Waals surface area contributed by atoms with Crippen molar-refractivity contribution in [2.75, 3.05) is 19.5 Å². The summed E-state index contributed by atoms with van der Waals surface area (Å²) in [6.07, 6.45) is 0.536. The standard InChI is InChI=1S/C28H28N2O5/c1-28(2,3)21-9-7-6-8-18(21)19-14-17(10-11-22(19)30-27(31)32)35-24-12-13-29-23-16-26(34-5)25(33-4)15-20(23)24/h6-16,30H,1-5H3,(H,31,32). The van der Waals surface area contributed by atoms with Crippen molar-refractivity contribution >= 4 is 22.7 Å². The van der Waals surface area contributed by atoms with Gasteiger partial charge in [0.1, 0.15) is 11.5 Å². The third kappa shape index (κ3) is 4.99. The number of nitrogens with one attached hydrogen (secondary N) is 1. The zero-order valence-corrected chi connectivity index (χ0v) is 20.4. The lowest BCUT2D eigenvalue weighted by atomic mass is 9.81. The summed E-state index contributed by atoms with van der Waals surface area (Å²) in [5.74, 6) is 2.29. The fourth-order valence-corrected chi connectivity index (χ4v) is 4.07. The van der Waals surface area contributed by atoms with E-state index in [2.05, 4.69) is 37.1 Å².